The van der Waals surface area contributed by atoms with Crippen LogP contribution in [0.2, 0.25) is 0 Å². The van der Waals surface area contributed by atoms with Crippen LogP contribution in [0.15, 0.2) is 0 Å². The van der Waals surface area contributed by atoms with Crippen molar-refractivity contribution in [1.82, 2.24) is 15.0 Å². The van der Waals surface area contributed by atoms with Gasteiger partial charge in [-0.25, -0.2) is 0 Å². The van der Waals surface area contributed by atoms with Gasteiger partial charge in [-0.2, -0.15) is 9.97 Å². The Kier molecular flexibility index (Phi) is 6.06. The van der Waals surface area contributed by atoms with Crippen molar-refractivity contribution in [3.63, 3.8) is 0 Å². The second-order valence-electron chi connectivity index (χ2n) is 3.45. The Bertz CT molecular complexity index is 307. The Labute approximate surface area is 102 Å². The van der Waals surface area contributed by atoms with E-state index in [1.165, 1.54) is 0 Å². The van der Waals surface area contributed by atoms with Gasteiger partial charge in [-0.15, -0.1) is 4.98 Å². The van der Waals surface area contributed by atoms with Crippen molar-refractivity contribution >= 4 is 5.95 Å². The summed E-state index contributed by atoms with van der Waals surface area (Å²) in [6.45, 7) is 7.95. The lowest BCUT2D eigenvalue weighted by molar-refractivity contribution is 0.262. The van der Waals surface area contributed by atoms with E-state index >= 15 is 0 Å². The summed E-state index contributed by atoms with van der Waals surface area (Å²) in [5.41, 5.74) is 0. The number of hydrogen-bond donors (Lipinski definition) is 1. The lowest BCUT2D eigenvalue weighted by Crippen LogP contribution is -2.09. The van der Waals surface area contributed by atoms with Gasteiger partial charge in [0.05, 0.1) is 13.2 Å². The first-order valence-corrected chi connectivity index (χ1v) is 6.05. The summed E-state index contributed by atoms with van der Waals surface area (Å²) in [5.74, 6) is 0.486. The number of nitrogens with zero attached hydrogens (tertiary/aromatic N) is 3. The number of ether oxygens (including phenoxy) is 2. The molecule has 0 radical (unpaired) electrons. The summed E-state index contributed by atoms with van der Waals surface area (Å²) in [4.78, 5) is 12.4. The van der Waals surface area contributed by atoms with Crippen LogP contribution in [0.3, 0.4) is 0 Å². The highest BCUT2D eigenvalue weighted by Gasteiger charge is 2.07. The fourth-order valence-corrected chi connectivity index (χ4v) is 1.09. The maximum Gasteiger partial charge on any atom is 0.324 e. The average molecular weight is 240 g/mol. The van der Waals surface area contributed by atoms with Gasteiger partial charge in [0, 0.05) is 6.54 Å². The zero-order valence-electron chi connectivity index (χ0n) is 10.7. The zero-order chi connectivity index (χ0) is 12.5. The second kappa shape index (κ2) is 7.65. The molecule has 1 heterocycles. The fraction of sp³-hybridized carbons (Fsp3) is 0.727. The van der Waals surface area contributed by atoms with Crippen LogP contribution in [0.1, 0.15) is 33.6 Å². The van der Waals surface area contributed by atoms with Gasteiger partial charge in [0.15, 0.2) is 0 Å². The standard InChI is InChI=1S/C11H20N4O2/c1-4-7-16-10-13-9(12-6-3)14-11(15-10)17-8-5-2/h4-8H2,1-3H3,(H,12,13,14,15). The van der Waals surface area contributed by atoms with Crippen LogP contribution in [-0.2, 0) is 0 Å². The predicted molar refractivity (Wildman–Crippen MR) is 65.6 cm³/mol. The number of nitrogens with one attached hydrogen (secondary N) is 1. The van der Waals surface area contributed by atoms with E-state index in [2.05, 4.69) is 20.3 Å². The molecule has 1 aromatic heterocycles. The molecule has 0 aliphatic carbocycles. The lowest BCUT2D eigenvalue weighted by Gasteiger charge is -2.08. The van der Waals surface area contributed by atoms with Crippen molar-refractivity contribution in [2.45, 2.75) is 33.6 Å². The Balaban J connectivity index is 2.76. The summed E-state index contributed by atoms with van der Waals surface area (Å²) >= 11 is 0. The molecule has 0 bridgehead atoms. The van der Waals surface area contributed by atoms with Crippen LogP contribution < -0.4 is 14.8 Å². The number of rotatable bonds is 8. The van der Waals surface area contributed by atoms with Gasteiger partial charge in [-0.3, -0.25) is 0 Å². The second-order valence-corrected chi connectivity index (χ2v) is 3.45. The molecule has 0 fully saturated rings. The van der Waals surface area contributed by atoms with Gasteiger partial charge in [0.2, 0.25) is 5.95 Å². The van der Waals surface area contributed by atoms with E-state index in [9.17, 15) is 0 Å². The molecule has 0 aliphatic rings. The fourth-order valence-electron chi connectivity index (χ4n) is 1.09. The molecule has 6 heteroatoms. The normalized spacial score (nSPS) is 10.1. The summed E-state index contributed by atoms with van der Waals surface area (Å²) < 4.78 is 10.8. The Morgan fingerprint density at radius 1 is 0.882 bits per heavy atom. The lowest BCUT2D eigenvalue weighted by atomic mass is 10.5. The monoisotopic (exact) mass is 240 g/mol. The molecule has 0 atom stereocenters. The minimum Gasteiger partial charge on any atom is -0.463 e. The minimum atomic E-state index is 0.309. The molecule has 1 rings (SSSR count). The van der Waals surface area contributed by atoms with E-state index in [1.54, 1.807) is 0 Å². The molecule has 0 unspecified atom stereocenters. The smallest absolute Gasteiger partial charge is 0.324 e. The van der Waals surface area contributed by atoms with Gasteiger partial charge in [0.1, 0.15) is 0 Å². The summed E-state index contributed by atoms with van der Waals surface area (Å²) in [6.07, 6.45) is 1.82. The van der Waals surface area contributed by atoms with Crippen molar-refractivity contribution in [2.24, 2.45) is 0 Å². The predicted octanol–water partition coefficient (Wildman–Crippen LogP) is 1.88. The minimum absolute atomic E-state index is 0.309. The molecule has 0 spiro atoms. The summed E-state index contributed by atoms with van der Waals surface area (Å²) in [7, 11) is 0. The Morgan fingerprint density at radius 2 is 1.41 bits per heavy atom. The van der Waals surface area contributed by atoms with E-state index < -0.39 is 0 Å². The molecule has 1 N–H and O–H groups in total. The molecular weight excluding hydrogens is 220 g/mol. The van der Waals surface area contributed by atoms with Crippen molar-refractivity contribution in [2.75, 3.05) is 25.1 Å². The van der Waals surface area contributed by atoms with E-state index in [1.807, 2.05) is 20.8 Å². The van der Waals surface area contributed by atoms with Crippen LogP contribution in [-0.4, -0.2) is 34.7 Å². The third-order valence-corrected chi connectivity index (χ3v) is 1.80. The van der Waals surface area contributed by atoms with Crippen LogP contribution in [0, 0.1) is 0 Å². The maximum atomic E-state index is 5.38. The third-order valence-electron chi connectivity index (χ3n) is 1.80. The highest BCUT2D eigenvalue weighted by Crippen LogP contribution is 2.13. The molecule has 6 nitrogen and oxygen atoms in total. The molecule has 0 saturated carbocycles. The van der Waals surface area contributed by atoms with Gasteiger partial charge in [-0.1, -0.05) is 13.8 Å². The molecule has 1 aromatic rings. The average Bonchev–Trinajstić information content (AvgIpc) is 2.34. The first-order valence-electron chi connectivity index (χ1n) is 6.05. The first kappa shape index (κ1) is 13.5. The number of anilines is 1. The van der Waals surface area contributed by atoms with Gasteiger partial charge < -0.3 is 14.8 Å². The number of aromatic nitrogens is 3. The molecule has 96 valence electrons. The van der Waals surface area contributed by atoms with Gasteiger partial charge in [0.25, 0.3) is 0 Å². The SMILES string of the molecule is CCCOc1nc(NCC)nc(OCCC)n1. The zero-order valence-corrected chi connectivity index (χ0v) is 10.7. The number of hydrogen-bond acceptors (Lipinski definition) is 6. The first-order chi connectivity index (χ1) is 8.30. The third kappa shape index (κ3) is 4.84. The topological polar surface area (TPSA) is 69.2 Å². The molecule has 0 amide bonds. The maximum absolute atomic E-state index is 5.38. The van der Waals surface area contributed by atoms with Crippen LogP contribution in [0.25, 0.3) is 0 Å². The van der Waals surface area contributed by atoms with Crippen molar-refractivity contribution < 1.29 is 9.47 Å². The largest absolute Gasteiger partial charge is 0.463 e. The van der Waals surface area contributed by atoms with E-state index in [0.717, 1.165) is 19.4 Å². The van der Waals surface area contributed by atoms with Crippen LogP contribution >= 0.6 is 0 Å². The highest BCUT2D eigenvalue weighted by atomic mass is 16.5. The Hall–Kier alpha value is -1.59. The van der Waals surface area contributed by atoms with E-state index in [4.69, 9.17) is 9.47 Å². The van der Waals surface area contributed by atoms with Gasteiger partial charge >= 0.3 is 12.0 Å². The quantitative estimate of drug-likeness (QED) is 0.748. The molecule has 0 saturated heterocycles. The Morgan fingerprint density at radius 3 is 1.82 bits per heavy atom. The van der Waals surface area contributed by atoms with E-state index in [-0.39, 0.29) is 0 Å². The summed E-state index contributed by atoms with van der Waals surface area (Å²) in [5, 5.41) is 3.02. The van der Waals surface area contributed by atoms with Crippen molar-refractivity contribution in [3.05, 3.63) is 0 Å². The van der Waals surface area contributed by atoms with E-state index in [0.29, 0.717) is 31.2 Å². The molecular formula is C11H20N4O2. The van der Waals surface area contributed by atoms with Crippen LogP contribution in [0.4, 0.5) is 5.95 Å². The summed E-state index contributed by atoms with van der Waals surface area (Å²) in [6, 6.07) is 0.618. The molecule has 0 aromatic carbocycles. The highest BCUT2D eigenvalue weighted by molar-refractivity contribution is 5.27. The van der Waals surface area contributed by atoms with Crippen LogP contribution in [0.5, 0.6) is 12.0 Å². The van der Waals surface area contributed by atoms with Gasteiger partial charge in [-0.05, 0) is 19.8 Å². The molecule has 17 heavy (non-hydrogen) atoms. The molecule has 0 aliphatic heterocycles. The van der Waals surface area contributed by atoms with Crippen molar-refractivity contribution in [1.29, 1.82) is 0 Å². The van der Waals surface area contributed by atoms with Crippen molar-refractivity contribution in [3.8, 4) is 12.0 Å².